The Morgan fingerprint density at radius 2 is 1.84 bits per heavy atom. The van der Waals surface area contributed by atoms with E-state index in [0.29, 0.717) is 5.92 Å². The van der Waals surface area contributed by atoms with Crippen LogP contribution in [0.2, 0.25) is 0 Å². The van der Waals surface area contributed by atoms with Crippen LogP contribution in [-0.2, 0) is 4.94 Å². The molecule has 0 radical (unpaired) electrons. The summed E-state index contributed by atoms with van der Waals surface area (Å²) in [5.74, 6) is 1.33. The van der Waals surface area contributed by atoms with E-state index in [1.165, 1.54) is 18.4 Å². The second-order valence-corrected chi connectivity index (χ2v) is 5.96. The minimum absolute atomic E-state index is 0.325. The molecule has 1 aromatic rings. The lowest BCUT2D eigenvalue weighted by Crippen LogP contribution is -2.36. The van der Waals surface area contributed by atoms with Crippen molar-refractivity contribution in [3.05, 3.63) is 35.9 Å². The molecule has 0 bridgehead atoms. The van der Waals surface area contributed by atoms with Gasteiger partial charge in [0.2, 0.25) is 0 Å². The molecule has 2 atom stereocenters. The van der Waals surface area contributed by atoms with Gasteiger partial charge in [-0.25, -0.2) is 0 Å². The Labute approximate surface area is 114 Å². The molecule has 104 valence electrons. The van der Waals surface area contributed by atoms with Gasteiger partial charge in [0, 0.05) is 13.1 Å². The lowest BCUT2D eigenvalue weighted by atomic mass is 9.92. The second kappa shape index (κ2) is 6.02. The lowest BCUT2D eigenvalue weighted by molar-refractivity contribution is -0.229. The van der Waals surface area contributed by atoms with Crippen LogP contribution in [0.1, 0.15) is 43.6 Å². The van der Waals surface area contributed by atoms with E-state index in [-0.39, 0.29) is 6.23 Å². The first-order valence-corrected chi connectivity index (χ1v) is 7.43. The molecule has 0 spiro atoms. The van der Waals surface area contributed by atoms with Crippen LogP contribution in [0, 0.1) is 5.92 Å². The van der Waals surface area contributed by atoms with Crippen molar-refractivity contribution < 1.29 is 9.47 Å². The third-order valence-electron chi connectivity index (χ3n) is 4.50. The van der Waals surface area contributed by atoms with E-state index in [2.05, 4.69) is 34.1 Å². The number of hydrogen-bond acceptors (Lipinski definition) is 2. The fourth-order valence-corrected chi connectivity index (χ4v) is 3.14. The van der Waals surface area contributed by atoms with E-state index in [0.717, 1.165) is 38.3 Å². The largest absolute Gasteiger partial charge is 0.275 e. The van der Waals surface area contributed by atoms with E-state index < -0.39 is 0 Å². The molecule has 2 nitrogen and oxygen atoms in total. The van der Waals surface area contributed by atoms with Gasteiger partial charge in [0.05, 0.1) is 0 Å². The zero-order valence-electron chi connectivity index (χ0n) is 11.3. The van der Waals surface area contributed by atoms with Crippen molar-refractivity contribution in [2.75, 3.05) is 13.1 Å². The van der Waals surface area contributed by atoms with Gasteiger partial charge in [0.1, 0.15) is 0 Å². The SMILES string of the molecule is FOC1CCC(c2ccccc2)CCN1CC1CC1. The highest BCUT2D eigenvalue weighted by atomic mass is 19.3. The maximum absolute atomic E-state index is 12.8. The molecule has 1 saturated heterocycles. The summed E-state index contributed by atoms with van der Waals surface area (Å²) in [7, 11) is 0. The fourth-order valence-electron chi connectivity index (χ4n) is 3.14. The number of nitrogens with zero attached hydrogens (tertiary/aromatic N) is 1. The monoisotopic (exact) mass is 263 g/mol. The summed E-state index contributed by atoms with van der Waals surface area (Å²) in [6.45, 7) is 1.96. The molecular weight excluding hydrogens is 241 g/mol. The molecule has 0 aromatic heterocycles. The van der Waals surface area contributed by atoms with Crippen molar-refractivity contribution in [2.24, 2.45) is 5.92 Å². The number of likely N-dealkylation sites (tertiary alicyclic amines) is 1. The Morgan fingerprint density at radius 3 is 2.53 bits per heavy atom. The molecule has 0 amide bonds. The van der Waals surface area contributed by atoms with Crippen molar-refractivity contribution in [1.29, 1.82) is 0 Å². The van der Waals surface area contributed by atoms with Crippen LogP contribution < -0.4 is 0 Å². The van der Waals surface area contributed by atoms with Crippen LogP contribution >= 0.6 is 0 Å². The van der Waals surface area contributed by atoms with Gasteiger partial charge < -0.3 is 0 Å². The van der Waals surface area contributed by atoms with E-state index in [1.54, 1.807) is 0 Å². The third kappa shape index (κ3) is 3.34. The Morgan fingerprint density at radius 1 is 1.05 bits per heavy atom. The smallest absolute Gasteiger partial charge is 0.151 e. The number of benzene rings is 1. The standard InChI is InChI=1S/C16H22FNO/c17-19-16-9-8-15(14-4-2-1-3-5-14)10-11-18(16)12-13-6-7-13/h1-5,13,15-16H,6-12H2. The fraction of sp³-hybridized carbons (Fsp3) is 0.625. The highest BCUT2D eigenvalue weighted by molar-refractivity contribution is 5.19. The molecule has 2 unspecified atom stereocenters. The van der Waals surface area contributed by atoms with Gasteiger partial charge in [-0.1, -0.05) is 30.3 Å². The molecule has 2 aliphatic rings. The lowest BCUT2D eigenvalue weighted by Gasteiger charge is -2.25. The topological polar surface area (TPSA) is 12.5 Å². The molecule has 1 heterocycles. The summed E-state index contributed by atoms with van der Waals surface area (Å²) < 4.78 is 12.8. The van der Waals surface area contributed by atoms with E-state index >= 15 is 0 Å². The van der Waals surface area contributed by atoms with Crippen LogP contribution in [0.3, 0.4) is 0 Å². The van der Waals surface area contributed by atoms with Crippen molar-refractivity contribution in [3.8, 4) is 0 Å². The van der Waals surface area contributed by atoms with Gasteiger partial charge in [-0.15, -0.1) is 0 Å². The Bertz CT molecular complexity index is 393. The average Bonchev–Trinajstić information content (AvgIpc) is 3.28. The highest BCUT2D eigenvalue weighted by Gasteiger charge is 2.32. The average molecular weight is 263 g/mol. The van der Waals surface area contributed by atoms with Crippen molar-refractivity contribution in [3.63, 3.8) is 0 Å². The number of halogens is 1. The predicted molar refractivity (Wildman–Crippen MR) is 73.3 cm³/mol. The summed E-state index contributed by atoms with van der Waals surface area (Å²) in [5, 5.41) is 0. The van der Waals surface area contributed by atoms with E-state index in [4.69, 9.17) is 0 Å². The van der Waals surface area contributed by atoms with Gasteiger partial charge in [-0.3, -0.25) is 4.90 Å². The summed E-state index contributed by atoms with van der Waals surface area (Å²) in [5.41, 5.74) is 1.38. The van der Waals surface area contributed by atoms with Crippen LogP contribution in [0.25, 0.3) is 0 Å². The maximum Gasteiger partial charge on any atom is 0.151 e. The van der Waals surface area contributed by atoms with Crippen molar-refractivity contribution in [2.45, 2.75) is 44.2 Å². The Balaban J connectivity index is 1.65. The zero-order valence-corrected chi connectivity index (χ0v) is 11.3. The predicted octanol–water partition coefficient (Wildman–Crippen LogP) is 3.89. The summed E-state index contributed by atoms with van der Waals surface area (Å²) >= 11 is 0. The van der Waals surface area contributed by atoms with Gasteiger partial charge in [-0.2, -0.15) is 4.94 Å². The molecule has 2 fully saturated rings. The minimum atomic E-state index is -0.325. The summed E-state index contributed by atoms with van der Waals surface area (Å²) in [4.78, 5) is 6.43. The van der Waals surface area contributed by atoms with Crippen LogP contribution in [-0.4, -0.2) is 24.2 Å². The Hall–Kier alpha value is -0.930. The minimum Gasteiger partial charge on any atom is -0.275 e. The number of hydrogen-bond donors (Lipinski definition) is 0. The van der Waals surface area contributed by atoms with Gasteiger partial charge in [0.25, 0.3) is 0 Å². The Kier molecular flexibility index (Phi) is 4.14. The zero-order chi connectivity index (χ0) is 13.1. The normalized spacial score (nSPS) is 29.1. The van der Waals surface area contributed by atoms with Crippen LogP contribution in [0.15, 0.2) is 30.3 Å². The van der Waals surface area contributed by atoms with Crippen LogP contribution in [0.4, 0.5) is 4.53 Å². The summed E-state index contributed by atoms with van der Waals surface area (Å²) in [6, 6.07) is 10.6. The molecular formula is C16H22FNO. The number of rotatable bonds is 4. The molecule has 1 aliphatic heterocycles. The van der Waals surface area contributed by atoms with E-state index in [9.17, 15) is 4.53 Å². The molecule has 1 aliphatic carbocycles. The molecule has 19 heavy (non-hydrogen) atoms. The van der Waals surface area contributed by atoms with Gasteiger partial charge in [-0.05, 0) is 54.0 Å². The van der Waals surface area contributed by atoms with Crippen molar-refractivity contribution >= 4 is 0 Å². The van der Waals surface area contributed by atoms with E-state index in [1.807, 2.05) is 6.07 Å². The van der Waals surface area contributed by atoms with Gasteiger partial charge in [0.15, 0.2) is 6.23 Å². The molecule has 1 saturated carbocycles. The quantitative estimate of drug-likeness (QED) is 0.817. The van der Waals surface area contributed by atoms with Crippen LogP contribution in [0.5, 0.6) is 0 Å². The summed E-state index contributed by atoms with van der Waals surface area (Å²) in [6.07, 6.45) is 5.20. The maximum atomic E-state index is 12.8. The molecule has 3 heteroatoms. The second-order valence-electron chi connectivity index (χ2n) is 5.96. The first-order valence-electron chi connectivity index (χ1n) is 7.43. The first-order chi connectivity index (χ1) is 9.36. The molecule has 0 N–H and O–H groups in total. The third-order valence-corrected chi connectivity index (χ3v) is 4.50. The first kappa shape index (κ1) is 13.1. The molecule has 1 aromatic carbocycles. The molecule has 3 rings (SSSR count). The highest BCUT2D eigenvalue weighted by Crippen LogP contribution is 2.35. The van der Waals surface area contributed by atoms with Crippen molar-refractivity contribution in [1.82, 2.24) is 4.90 Å². The van der Waals surface area contributed by atoms with Gasteiger partial charge >= 0.3 is 0 Å².